The second kappa shape index (κ2) is 4.80. The normalized spacial score (nSPS) is 22.9. The van der Waals surface area contributed by atoms with Gasteiger partial charge in [0.1, 0.15) is 12.6 Å². The van der Waals surface area contributed by atoms with Gasteiger partial charge in [0, 0.05) is 11.0 Å². The van der Waals surface area contributed by atoms with E-state index in [0.717, 1.165) is 17.3 Å². The number of anilines is 1. The first-order chi connectivity index (χ1) is 9.08. The van der Waals surface area contributed by atoms with E-state index in [4.69, 9.17) is 11.6 Å². The molecule has 0 radical (unpaired) electrons. The van der Waals surface area contributed by atoms with Gasteiger partial charge in [-0.2, -0.15) is 0 Å². The van der Waals surface area contributed by atoms with E-state index in [2.05, 4.69) is 15.9 Å². The van der Waals surface area contributed by atoms with Gasteiger partial charge in [-0.15, -0.1) is 0 Å². The van der Waals surface area contributed by atoms with Gasteiger partial charge in [-0.05, 0) is 31.0 Å². The van der Waals surface area contributed by atoms with Gasteiger partial charge in [0.05, 0.1) is 10.7 Å². The Kier molecular flexibility index (Phi) is 3.27. The average molecular weight is 344 g/mol. The fourth-order valence-electron chi connectivity index (χ4n) is 2.70. The van der Waals surface area contributed by atoms with Crippen molar-refractivity contribution in [1.82, 2.24) is 4.90 Å². The zero-order valence-electron chi connectivity index (χ0n) is 10.1. The minimum atomic E-state index is -0.309. The average Bonchev–Trinajstić information content (AvgIpc) is 2.87. The molecule has 1 unspecified atom stereocenters. The van der Waals surface area contributed by atoms with Gasteiger partial charge in [-0.3, -0.25) is 14.5 Å². The van der Waals surface area contributed by atoms with E-state index < -0.39 is 0 Å². The Bertz CT molecular complexity index is 564. The van der Waals surface area contributed by atoms with Crippen LogP contribution in [-0.4, -0.2) is 35.8 Å². The monoisotopic (exact) mass is 342 g/mol. The molecule has 0 aromatic heterocycles. The van der Waals surface area contributed by atoms with Crippen molar-refractivity contribution in [3.05, 3.63) is 27.7 Å². The molecule has 19 heavy (non-hydrogen) atoms. The lowest BCUT2D eigenvalue weighted by Crippen LogP contribution is -2.57. The third-order valence-corrected chi connectivity index (χ3v) is 4.43. The molecule has 3 rings (SSSR count). The van der Waals surface area contributed by atoms with E-state index in [0.29, 0.717) is 17.3 Å². The Morgan fingerprint density at radius 3 is 2.89 bits per heavy atom. The highest BCUT2D eigenvalue weighted by Gasteiger charge is 2.42. The third-order valence-electron chi connectivity index (χ3n) is 3.62. The summed E-state index contributed by atoms with van der Waals surface area (Å²) in [6, 6.07) is 5.00. The van der Waals surface area contributed by atoms with E-state index in [1.807, 2.05) is 6.07 Å². The Morgan fingerprint density at radius 1 is 1.32 bits per heavy atom. The summed E-state index contributed by atoms with van der Waals surface area (Å²) in [5.41, 5.74) is 0.598. The maximum atomic E-state index is 12.5. The van der Waals surface area contributed by atoms with E-state index in [1.165, 1.54) is 4.90 Å². The first kappa shape index (κ1) is 12.9. The predicted molar refractivity (Wildman–Crippen MR) is 76.2 cm³/mol. The lowest BCUT2D eigenvalue weighted by Gasteiger charge is -2.36. The molecule has 1 aromatic rings. The van der Waals surface area contributed by atoms with Crippen molar-refractivity contribution in [2.24, 2.45) is 0 Å². The van der Waals surface area contributed by atoms with Gasteiger partial charge in [-0.1, -0.05) is 27.5 Å². The molecule has 0 N–H and O–H groups in total. The van der Waals surface area contributed by atoms with Crippen LogP contribution in [0.15, 0.2) is 22.7 Å². The highest BCUT2D eigenvalue weighted by Crippen LogP contribution is 2.33. The molecule has 100 valence electrons. The molecular formula is C13H12BrClN2O2. The number of nitrogens with zero attached hydrogens (tertiary/aromatic N) is 2. The van der Waals surface area contributed by atoms with Gasteiger partial charge in [0.15, 0.2) is 0 Å². The Hall–Kier alpha value is -1.07. The summed E-state index contributed by atoms with van der Waals surface area (Å²) in [6.45, 7) is 0.765. The maximum Gasteiger partial charge on any atom is 0.250 e. The first-order valence-corrected chi connectivity index (χ1v) is 7.31. The fourth-order valence-corrected chi connectivity index (χ4v) is 3.27. The summed E-state index contributed by atoms with van der Waals surface area (Å²) in [4.78, 5) is 27.7. The van der Waals surface area contributed by atoms with Crippen LogP contribution >= 0.6 is 27.5 Å². The molecule has 0 bridgehead atoms. The van der Waals surface area contributed by atoms with E-state index in [1.54, 1.807) is 17.0 Å². The maximum absolute atomic E-state index is 12.5. The molecule has 2 fully saturated rings. The zero-order chi connectivity index (χ0) is 13.6. The van der Waals surface area contributed by atoms with Crippen molar-refractivity contribution >= 4 is 45.0 Å². The van der Waals surface area contributed by atoms with Gasteiger partial charge in [-0.25, -0.2) is 0 Å². The van der Waals surface area contributed by atoms with Gasteiger partial charge < -0.3 is 4.90 Å². The van der Waals surface area contributed by atoms with Crippen LogP contribution in [0.3, 0.4) is 0 Å². The quantitative estimate of drug-likeness (QED) is 0.786. The number of piperazine rings is 1. The molecule has 0 aliphatic carbocycles. The van der Waals surface area contributed by atoms with Crippen molar-refractivity contribution in [3.63, 3.8) is 0 Å². The van der Waals surface area contributed by atoms with E-state index >= 15 is 0 Å². The zero-order valence-corrected chi connectivity index (χ0v) is 12.4. The number of carbonyl (C=O) groups is 2. The molecule has 2 aliphatic rings. The van der Waals surface area contributed by atoms with Gasteiger partial charge >= 0.3 is 0 Å². The van der Waals surface area contributed by atoms with Crippen LogP contribution in [0.25, 0.3) is 0 Å². The largest absolute Gasteiger partial charge is 0.329 e. The minimum Gasteiger partial charge on any atom is -0.329 e. The fraction of sp³-hybridized carbons (Fsp3) is 0.385. The smallest absolute Gasteiger partial charge is 0.250 e. The van der Waals surface area contributed by atoms with Crippen molar-refractivity contribution in [3.8, 4) is 0 Å². The highest BCUT2D eigenvalue weighted by molar-refractivity contribution is 9.10. The first-order valence-electron chi connectivity index (χ1n) is 6.14. The van der Waals surface area contributed by atoms with Crippen LogP contribution in [-0.2, 0) is 9.59 Å². The van der Waals surface area contributed by atoms with Crippen molar-refractivity contribution < 1.29 is 9.59 Å². The van der Waals surface area contributed by atoms with Gasteiger partial charge in [0.2, 0.25) is 11.8 Å². The summed E-state index contributed by atoms with van der Waals surface area (Å²) in [6.07, 6.45) is 1.63. The Morgan fingerprint density at radius 2 is 2.11 bits per heavy atom. The molecule has 2 amide bonds. The number of benzene rings is 1. The molecule has 1 aromatic carbocycles. The number of carbonyl (C=O) groups excluding carboxylic acids is 2. The second-order valence-corrected chi connectivity index (χ2v) is 6.09. The predicted octanol–water partition coefficient (Wildman–Crippen LogP) is 2.44. The molecule has 1 atom stereocenters. The minimum absolute atomic E-state index is 0.00172. The lowest BCUT2D eigenvalue weighted by atomic mass is 10.1. The number of rotatable bonds is 1. The topological polar surface area (TPSA) is 40.6 Å². The summed E-state index contributed by atoms with van der Waals surface area (Å²) >= 11 is 9.51. The molecule has 2 saturated heterocycles. The highest BCUT2D eigenvalue weighted by atomic mass is 79.9. The van der Waals surface area contributed by atoms with Gasteiger partial charge in [0.25, 0.3) is 0 Å². The van der Waals surface area contributed by atoms with E-state index in [-0.39, 0.29) is 24.4 Å². The molecule has 2 heterocycles. The van der Waals surface area contributed by atoms with Crippen LogP contribution in [0, 0.1) is 0 Å². The molecule has 0 saturated carbocycles. The van der Waals surface area contributed by atoms with Crippen molar-refractivity contribution in [2.45, 2.75) is 18.9 Å². The molecular weight excluding hydrogens is 332 g/mol. The summed E-state index contributed by atoms with van der Waals surface area (Å²) in [5, 5.41) is 0.482. The number of halogens is 2. The summed E-state index contributed by atoms with van der Waals surface area (Å²) in [7, 11) is 0. The second-order valence-electron chi connectivity index (χ2n) is 4.77. The Balaban J connectivity index is 1.98. The number of amides is 2. The third kappa shape index (κ3) is 2.15. The summed E-state index contributed by atoms with van der Waals surface area (Å²) in [5.74, 6) is -0.0322. The van der Waals surface area contributed by atoms with Crippen LogP contribution in [0.4, 0.5) is 5.69 Å². The molecule has 4 nitrogen and oxygen atoms in total. The molecule has 6 heteroatoms. The standard InChI is InChI=1S/C13H12BrClN2O2/c14-8-3-4-9(15)11(6-8)17-7-12(18)16-5-1-2-10(16)13(17)19/h3-4,6,10H,1-2,5,7H2. The van der Waals surface area contributed by atoms with Crippen molar-refractivity contribution in [2.75, 3.05) is 18.0 Å². The van der Waals surface area contributed by atoms with Crippen molar-refractivity contribution in [1.29, 1.82) is 0 Å². The molecule has 0 spiro atoms. The van der Waals surface area contributed by atoms with Crippen LogP contribution in [0.2, 0.25) is 5.02 Å². The van der Waals surface area contributed by atoms with Crippen LogP contribution < -0.4 is 4.90 Å². The van der Waals surface area contributed by atoms with E-state index in [9.17, 15) is 9.59 Å². The number of hydrogen-bond acceptors (Lipinski definition) is 2. The lowest BCUT2D eigenvalue weighted by molar-refractivity contribution is -0.140. The number of hydrogen-bond donors (Lipinski definition) is 0. The Labute approximate surface area is 124 Å². The van der Waals surface area contributed by atoms with Crippen LogP contribution in [0.5, 0.6) is 0 Å². The van der Waals surface area contributed by atoms with Crippen LogP contribution in [0.1, 0.15) is 12.8 Å². The SMILES string of the molecule is O=C1C2CCCN2C(=O)CN1c1cc(Br)ccc1Cl. The molecule has 2 aliphatic heterocycles. The number of fused-ring (bicyclic) bond motifs is 1. The summed E-state index contributed by atoms with van der Waals surface area (Å²) < 4.78 is 0.834.